The fourth-order valence-corrected chi connectivity index (χ4v) is 11.0. The number of amides is 3. The maximum Gasteiger partial charge on any atom is 0.347 e. The Balaban J connectivity index is 1.09. The summed E-state index contributed by atoms with van der Waals surface area (Å²) in [5, 5.41) is 2.79. The van der Waals surface area contributed by atoms with Crippen LogP contribution in [0.2, 0.25) is 0 Å². The second kappa shape index (κ2) is 32.2. The fourth-order valence-electron chi connectivity index (χ4n) is 11.0. The molecule has 2 saturated carbocycles. The van der Waals surface area contributed by atoms with Gasteiger partial charge in [0.05, 0.1) is 26.4 Å². The quantitative estimate of drug-likeness (QED) is 0.0518. The number of carbonyl (C=O) groups is 8. The molecule has 3 aromatic carbocycles. The highest BCUT2D eigenvalue weighted by Gasteiger charge is 2.44. The topological polar surface area (TPSA) is 229 Å². The van der Waals surface area contributed by atoms with Gasteiger partial charge in [-0.25, -0.2) is 28.0 Å². The number of ether oxygens (including phenoxy) is 7. The van der Waals surface area contributed by atoms with E-state index in [1.165, 1.54) is 69.7 Å². The molecule has 2 aliphatic carbocycles. The van der Waals surface area contributed by atoms with Crippen molar-refractivity contribution in [3.63, 3.8) is 0 Å². The van der Waals surface area contributed by atoms with Gasteiger partial charge in [0.25, 0.3) is 17.7 Å². The summed E-state index contributed by atoms with van der Waals surface area (Å²) >= 11 is 0. The van der Waals surface area contributed by atoms with E-state index in [1.807, 2.05) is 42.5 Å². The zero-order chi connectivity index (χ0) is 65.5. The van der Waals surface area contributed by atoms with Gasteiger partial charge >= 0.3 is 29.8 Å². The Morgan fingerprint density at radius 1 is 0.522 bits per heavy atom. The summed E-state index contributed by atoms with van der Waals surface area (Å²) in [6.45, 7) is 12.6. The van der Waals surface area contributed by atoms with Crippen LogP contribution in [0, 0.1) is 11.8 Å². The normalized spacial score (nSPS) is 18.0. The SMILES string of the molecule is CN[C@@H](CC(C)(C)F)C(=O)OC(Cc1ccc(N2CCOCC2)cc1)C(=O)N(C)[C@@H](CC1CC1)C(=O)O[C@H](C)C(=O)N(C)[C@@H](CC(C)(C)F)C(=O)O[C@H](Cc1ccc(N2CCOCC2)cc1)C(=O)N(C)[C@@H](CC1CC1)C(=O)O[C@H](C)C(=O)OCc1ccccc1. The molecular weight excluding hydrogens is 1170 g/mol. The highest BCUT2D eigenvalue weighted by atomic mass is 19.1. The summed E-state index contributed by atoms with van der Waals surface area (Å²) in [6, 6.07) is 18.3. The van der Waals surface area contributed by atoms with E-state index in [2.05, 4.69) is 15.1 Å². The average Bonchev–Trinajstić information content (AvgIpc) is 1.46. The van der Waals surface area contributed by atoms with Crippen molar-refractivity contribution in [3.8, 4) is 0 Å². The third-order valence-corrected chi connectivity index (χ3v) is 16.8. The van der Waals surface area contributed by atoms with E-state index in [1.54, 1.807) is 36.4 Å². The molecule has 0 bridgehead atoms. The van der Waals surface area contributed by atoms with Gasteiger partial charge in [-0.2, -0.15) is 0 Å². The number of benzene rings is 3. The minimum absolute atomic E-state index is 0.0103. The Kier molecular flexibility index (Phi) is 25.1. The van der Waals surface area contributed by atoms with Crippen molar-refractivity contribution in [1.29, 1.82) is 0 Å². The van der Waals surface area contributed by atoms with Gasteiger partial charge < -0.3 is 63.0 Å². The number of hydrogen-bond donors (Lipinski definition) is 1. The molecule has 2 heterocycles. The van der Waals surface area contributed by atoms with Crippen LogP contribution in [0.5, 0.6) is 0 Å². The highest BCUT2D eigenvalue weighted by molar-refractivity contribution is 5.93. The molecule has 2 saturated heterocycles. The summed E-state index contributed by atoms with van der Waals surface area (Å²) in [7, 11) is 5.45. The van der Waals surface area contributed by atoms with Crippen LogP contribution in [-0.4, -0.2) is 203 Å². The fraction of sp³-hybridized carbons (Fsp3) is 0.612. The predicted octanol–water partition coefficient (Wildman–Crippen LogP) is 6.52. The van der Waals surface area contributed by atoms with Crippen molar-refractivity contribution in [1.82, 2.24) is 20.0 Å². The van der Waals surface area contributed by atoms with Crippen LogP contribution in [0.3, 0.4) is 0 Å². The lowest BCUT2D eigenvalue weighted by Crippen LogP contribution is -2.54. The van der Waals surface area contributed by atoms with Crippen molar-refractivity contribution in [2.45, 2.75) is 172 Å². The Hall–Kier alpha value is -7.24. The summed E-state index contributed by atoms with van der Waals surface area (Å²) in [4.78, 5) is 122. The van der Waals surface area contributed by atoms with E-state index >= 15 is 9.18 Å². The van der Waals surface area contributed by atoms with Crippen molar-refractivity contribution in [2.75, 3.05) is 90.6 Å². The highest BCUT2D eigenvalue weighted by Crippen LogP contribution is 2.37. The summed E-state index contributed by atoms with van der Waals surface area (Å²) in [5.74, 6) is -7.17. The number of carbonyl (C=O) groups excluding carboxylic acids is 8. The van der Waals surface area contributed by atoms with Crippen LogP contribution >= 0.6 is 0 Å². The third-order valence-electron chi connectivity index (χ3n) is 16.8. The summed E-state index contributed by atoms with van der Waals surface area (Å²) < 4.78 is 71.0. The van der Waals surface area contributed by atoms with E-state index in [0.29, 0.717) is 63.7 Å². The molecule has 7 rings (SSSR count). The van der Waals surface area contributed by atoms with Crippen molar-refractivity contribution < 1.29 is 80.3 Å². The standard InChI is InChI=1S/C67H92F2N6O15/c1-43(87-63(81)53(36-45-16-17-45)71(8)59(77)56(89-62(80)52(70-7)40-66(3,4)68)38-47-20-24-50(25-21-47)74-28-32-84-33-29-74)58(76)73(10)55(41-67(5,6)69)65(83)90-57(39-48-22-26-51(27-23-48)75-30-34-85-35-31-75)60(78)72(9)54(37-46-18-19-46)64(82)88-44(2)61(79)86-42-49-14-12-11-13-15-49/h11-15,20-27,43-46,52-57,70H,16-19,28-42H2,1-10H3/t43-,44-,52+,53+,54+,55+,56?,57-/m1/s1. The molecule has 3 amide bonds. The Morgan fingerprint density at radius 2 is 0.922 bits per heavy atom. The van der Waals surface area contributed by atoms with Gasteiger partial charge in [0.15, 0.2) is 24.4 Å². The second-order valence-corrected chi connectivity index (χ2v) is 25.5. The lowest BCUT2D eigenvalue weighted by molar-refractivity contribution is -0.176. The molecule has 1 unspecified atom stereocenters. The van der Waals surface area contributed by atoms with E-state index in [9.17, 15) is 38.0 Å². The molecule has 1 N–H and O–H groups in total. The smallest absolute Gasteiger partial charge is 0.347 e. The van der Waals surface area contributed by atoms with E-state index < -0.39 is 114 Å². The van der Waals surface area contributed by atoms with Crippen molar-refractivity contribution in [2.24, 2.45) is 11.8 Å². The van der Waals surface area contributed by atoms with Crippen LogP contribution < -0.4 is 15.1 Å². The zero-order valence-electron chi connectivity index (χ0n) is 53.8. The lowest BCUT2D eigenvalue weighted by atomic mass is 9.99. The van der Waals surface area contributed by atoms with Gasteiger partial charge in [-0.3, -0.25) is 19.2 Å². The first kappa shape index (κ1) is 70.2. The van der Waals surface area contributed by atoms with Crippen LogP contribution in [0.4, 0.5) is 20.2 Å². The Bertz CT molecular complexity index is 2890. The molecule has 0 spiro atoms. The van der Waals surface area contributed by atoms with Gasteiger partial charge in [-0.1, -0.05) is 80.3 Å². The molecule has 3 aromatic rings. The van der Waals surface area contributed by atoms with Gasteiger partial charge in [-0.15, -0.1) is 0 Å². The predicted molar refractivity (Wildman–Crippen MR) is 330 cm³/mol. The number of nitrogens with one attached hydrogen (secondary N) is 1. The number of rotatable bonds is 32. The molecule has 2 aliphatic heterocycles. The largest absolute Gasteiger partial charge is 0.458 e. The zero-order valence-corrected chi connectivity index (χ0v) is 53.8. The number of likely N-dealkylation sites (N-methyl/N-ethyl adjacent to an activating group) is 4. The maximum atomic E-state index is 16.0. The van der Waals surface area contributed by atoms with E-state index in [0.717, 1.165) is 57.3 Å². The first-order chi connectivity index (χ1) is 42.7. The average molecular weight is 1260 g/mol. The van der Waals surface area contributed by atoms with E-state index in [4.69, 9.17) is 33.2 Å². The Morgan fingerprint density at radius 3 is 1.33 bits per heavy atom. The number of nitrogens with zero attached hydrogens (tertiary/aromatic N) is 5. The molecule has 23 heteroatoms. The minimum atomic E-state index is -2.12. The first-order valence-electron chi connectivity index (χ1n) is 31.4. The monoisotopic (exact) mass is 1260 g/mol. The molecule has 0 aromatic heterocycles. The number of esters is 5. The maximum absolute atomic E-state index is 16.0. The van der Waals surface area contributed by atoms with Crippen molar-refractivity contribution in [3.05, 3.63) is 95.6 Å². The number of morpholine rings is 2. The second-order valence-electron chi connectivity index (χ2n) is 25.5. The molecule has 494 valence electrons. The van der Waals surface area contributed by atoms with Gasteiger partial charge in [0, 0.05) is 84.4 Å². The van der Waals surface area contributed by atoms with Crippen LogP contribution in [0.1, 0.15) is 110 Å². The number of halogens is 2. The van der Waals surface area contributed by atoms with Gasteiger partial charge in [0.2, 0.25) is 0 Å². The minimum Gasteiger partial charge on any atom is -0.458 e. The van der Waals surface area contributed by atoms with E-state index in [-0.39, 0.29) is 50.5 Å². The number of alkyl halides is 2. The van der Waals surface area contributed by atoms with Crippen molar-refractivity contribution >= 4 is 58.9 Å². The summed E-state index contributed by atoms with van der Waals surface area (Å²) in [5.41, 5.74) is -0.158. The first-order valence-corrected chi connectivity index (χ1v) is 31.4. The third kappa shape index (κ3) is 21.2. The molecule has 4 aliphatic rings. The van der Waals surface area contributed by atoms with Gasteiger partial charge in [0.1, 0.15) is 42.1 Å². The van der Waals surface area contributed by atoms with Crippen LogP contribution in [0.25, 0.3) is 0 Å². The number of anilines is 2. The van der Waals surface area contributed by atoms with Gasteiger partial charge in [-0.05, 0) is 114 Å². The lowest BCUT2D eigenvalue weighted by Gasteiger charge is -2.34. The molecule has 8 atom stereocenters. The Labute approximate surface area is 527 Å². The van der Waals surface area contributed by atoms with Crippen LogP contribution in [0.15, 0.2) is 78.9 Å². The molecule has 90 heavy (non-hydrogen) atoms. The number of hydrogen-bond acceptors (Lipinski definition) is 18. The molecule has 0 radical (unpaired) electrons. The molecule has 4 fully saturated rings. The van der Waals surface area contributed by atoms with Crippen LogP contribution in [-0.2, 0) is 91.0 Å². The molecule has 21 nitrogen and oxygen atoms in total. The summed E-state index contributed by atoms with van der Waals surface area (Å²) in [6.07, 6.45) is -3.98. The molecular formula is C67H92F2N6O15.